The molecule has 13 heavy (non-hydrogen) atoms. The van der Waals surface area contributed by atoms with Crippen LogP contribution in [0, 0.1) is 0 Å². The normalized spacial score (nSPS) is 9.62. The van der Waals surface area contributed by atoms with Gasteiger partial charge >= 0.3 is 0 Å². The van der Waals surface area contributed by atoms with Crippen molar-refractivity contribution >= 4 is 13.7 Å². The Labute approximate surface area is 78.2 Å². The predicted molar refractivity (Wildman–Crippen MR) is 53.1 cm³/mol. The molecular formula is C9H12BNO2. The lowest BCUT2D eigenvalue weighted by Crippen LogP contribution is -2.20. The van der Waals surface area contributed by atoms with Gasteiger partial charge in [0.15, 0.2) is 5.81 Å². The van der Waals surface area contributed by atoms with E-state index in [0.717, 1.165) is 11.1 Å². The fourth-order valence-corrected chi connectivity index (χ4v) is 0.989. The maximum atomic E-state index is 10.6. The molecule has 3 nitrogen and oxygen atoms in total. The molecule has 0 aliphatic carbocycles. The molecule has 2 N–H and O–H groups in total. The van der Waals surface area contributed by atoms with Gasteiger partial charge in [0.1, 0.15) is 0 Å². The van der Waals surface area contributed by atoms with E-state index in [2.05, 4.69) is 5.32 Å². The Bertz CT molecular complexity index is 284. The number of amides is 1. The molecule has 0 fully saturated rings. The molecule has 68 valence electrons. The van der Waals surface area contributed by atoms with E-state index >= 15 is 0 Å². The summed E-state index contributed by atoms with van der Waals surface area (Å²) in [6.07, 6.45) is 0. The van der Waals surface area contributed by atoms with Crippen LogP contribution in [-0.2, 0) is 13.2 Å². The monoisotopic (exact) mass is 177 g/mol. The zero-order valence-electron chi connectivity index (χ0n) is 7.58. The zero-order chi connectivity index (χ0) is 9.68. The number of benzene rings is 1. The number of hydrogen-bond donors (Lipinski definition) is 2. The minimum atomic E-state index is -0.0359. The van der Waals surface area contributed by atoms with Crippen molar-refractivity contribution in [2.24, 2.45) is 0 Å². The van der Waals surface area contributed by atoms with E-state index in [-0.39, 0.29) is 12.4 Å². The van der Waals surface area contributed by atoms with Crippen molar-refractivity contribution in [3.8, 4) is 0 Å². The van der Waals surface area contributed by atoms with Crippen molar-refractivity contribution < 1.29 is 9.90 Å². The SMILES string of the molecule is BC(=O)NCc1ccc(CO)cc1. The van der Waals surface area contributed by atoms with Gasteiger partial charge in [0, 0.05) is 6.54 Å². The minimum absolute atomic E-state index is 0.0359. The van der Waals surface area contributed by atoms with Gasteiger partial charge in [-0.15, -0.1) is 0 Å². The standard InChI is InChI=1S/C9H12BNO2/c10-9(13)11-5-7-1-3-8(6-12)4-2-7/h1-4,12H,5-6,10H2,(H,11,13). The molecule has 0 heterocycles. The van der Waals surface area contributed by atoms with Gasteiger partial charge in [0.25, 0.3) is 0 Å². The number of aliphatic hydroxyl groups is 1. The van der Waals surface area contributed by atoms with E-state index < -0.39 is 0 Å². The molecule has 1 aromatic rings. The molecule has 0 unspecified atom stereocenters. The summed E-state index contributed by atoms with van der Waals surface area (Å²) in [5.74, 6) is -0.0359. The molecule has 1 aromatic carbocycles. The van der Waals surface area contributed by atoms with Gasteiger partial charge in [-0.3, -0.25) is 4.79 Å². The highest BCUT2D eigenvalue weighted by Gasteiger charge is 1.94. The first kappa shape index (κ1) is 9.80. The fraction of sp³-hybridized carbons (Fsp3) is 0.222. The van der Waals surface area contributed by atoms with Gasteiger partial charge in [-0.25, -0.2) is 0 Å². The Kier molecular flexibility index (Phi) is 3.52. The van der Waals surface area contributed by atoms with Gasteiger partial charge in [-0.05, 0) is 11.1 Å². The number of hydrogen-bond acceptors (Lipinski definition) is 2. The van der Waals surface area contributed by atoms with E-state index in [0.29, 0.717) is 6.54 Å². The highest BCUT2D eigenvalue weighted by atomic mass is 16.3. The average molecular weight is 177 g/mol. The summed E-state index contributed by atoms with van der Waals surface area (Å²) in [6.45, 7) is 0.599. The van der Waals surface area contributed by atoms with Crippen LogP contribution < -0.4 is 5.32 Å². The molecule has 1 amide bonds. The van der Waals surface area contributed by atoms with Gasteiger partial charge < -0.3 is 10.4 Å². The largest absolute Gasteiger partial charge is 0.392 e. The summed E-state index contributed by atoms with van der Waals surface area (Å²) in [6, 6.07) is 7.47. The van der Waals surface area contributed by atoms with Crippen LogP contribution in [0.1, 0.15) is 11.1 Å². The van der Waals surface area contributed by atoms with Crippen molar-refractivity contribution in [2.45, 2.75) is 13.2 Å². The van der Waals surface area contributed by atoms with Gasteiger partial charge in [0.05, 0.1) is 6.61 Å². The van der Waals surface area contributed by atoms with Crippen LogP contribution in [0.5, 0.6) is 0 Å². The first-order chi connectivity index (χ1) is 6.22. The third kappa shape index (κ3) is 3.30. The highest BCUT2D eigenvalue weighted by Crippen LogP contribution is 2.03. The van der Waals surface area contributed by atoms with Gasteiger partial charge in [0.2, 0.25) is 7.85 Å². The summed E-state index contributed by atoms with van der Waals surface area (Å²) in [7, 11) is 1.49. The maximum absolute atomic E-state index is 10.6. The predicted octanol–water partition coefficient (Wildman–Crippen LogP) is 0.0216. The molecule has 0 saturated carbocycles. The van der Waals surface area contributed by atoms with Crippen LogP contribution in [-0.4, -0.2) is 18.8 Å². The third-order valence-corrected chi connectivity index (χ3v) is 1.75. The topological polar surface area (TPSA) is 49.3 Å². The maximum Gasteiger partial charge on any atom is 0.215 e. The average Bonchev–Trinajstić information content (AvgIpc) is 2.15. The van der Waals surface area contributed by atoms with Gasteiger partial charge in [-0.2, -0.15) is 0 Å². The van der Waals surface area contributed by atoms with Crippen LogP contribution in [0.15, 0.2) is 24.3 Å². The molecule has 0 saturated heterocycles. The Morgan fingerprint density at radius 3 is 2.31 bits per heavy atom. The van der Waals surface area contributed by atoms with E-state index in [1.165, 1.54) is 7.85 Å². The molecule has 4 heteroatoms. The van der Waals surface area contributed by atoms with Gasteiger partial charge in [-0.1, -0.05) is 24.3 Å². The number of nitrogens with one attached hydrogen (secondary N) is 1. The molecule has 0 aromatic heterocycles. The van der Waals surface area contributed by atoms with Crippen LogP contribution in [0.3, 0.4) is 0 Å². The van der Waals surface area contributed by atoms with E-state index in [4.69, 9.17) is 5.11 Å². The lowest BCUT2D eigenvalue weighted by Gasteiger charge is -2.03. The van der Waals surface area contributed by atoms with Crippen LogP contribution >= 0.6 is 0 Å². The highest BCUT2D eigenvalue weighted by molar-refractivity contribution is 6.57. The van der Waals surface area contributed by atoms with Crippen molar-refractivity contribution in [2.75, 3.05) is 0 Å². The lowest BCUT2D eigenvalue weighted by molar-refractivity contribution is 0.259. The molecule has 0 aliphatic heterocycles. The number of carbonyl (C=O) groups excluding carboxylic acids is 1. The second-order valence-electron chi connectivity index (χ2n) is 2.88. The summed E-state index contributed by atoms with van der Waals surface area (Å²) in [5, 5.41) is 11.5. The Morgan fingerprint density at radius 1 is 1.31 bits per heavy atom. The first-order valence-corrected chi connectivity index (χ1v) is 4.15. The molecule has 1 rings (SSSR count). The van der Waals surface area contributed by atoms with Crippen LogP contribution in [0.4, 0.5) is 4.79 Å². The zero-order valence-corrected chi connectivity index (χ0v) is 7.58. The summed E-state index contributed by atoms with van der Waals surface area (Å²) < 4.78 is 0. The van der Waals surface area contributed by atoms with E-state index in [9.17, 15) is 4.79 Å². The molecule has 0 aliphatic rings. The summed E-state index contributed by atoms with van der Waals surface area (Å²) >= 11 is 0. The Morgan fingerprint density at radius 2 is 1.85 bits per heavy atom. The Balaban J connectivity index is 2.54. The molecular weight excluding hydrogens is 165 g/mol. The molecule has 0 spiro atoms. The first-order valence-electron chi connectivity index (χ1n) is 4.15. The summed E-state index contributed by atoms with van der Waals surface area (Å²) in [4.78, 5) is 10.6. The Hall–Kier alpha value is -1.29. The van der Waals surface area contributed by atoms with Crippen LogP contribution in [0.2, 0.25) is 0 Å². The number of carbonyl (C=O) groups is 1. The van der Waals surface area contributed by atoms with Crippen molar-refractivity contribution in [3.05, 3.63) is 35.4 Å². The third-order valence-electron chi connectivity index (χ3n) is 1.75. The van der Waals surface area contributed by atoms with Crippen LogP contribution in [0.25, 0.3) is 0 Å². The molecule has 0 radical (unpaired) electrons. The molecule has 0 atom stereocenters. The number of aliphatic hydroxyl groups excluding tert-OH is 1. The number of rotatable bonds is 3. The second-order valence-corrected chi connectivity index (χ2v) is 2.88. The fourth-order valence-electron chi connectivity index (χ4n) is 0.989. The van der Waals surface area contributed by atoms with E-state index in [1.54, 1.807) is 0 Å². The second kappa shape index (κ2) is 4.67. The van der Waals surface area contributed by atoms with Crippen molar-refractivity contribution in [1.82, 2.24) is 5.32 Å². The van der Waals surface area contributed by atoms with E-state index in [1.807, 2.05) is 24.3 Å². The van der Waals surface area contributed by atoms with Crippen molar-refractivity contribution in [1.29, 1.82) is 0 Å². The quantitative estimate of drug-likeness (QED) is 0.639. The minimum Gasteiger partial charge on any atom is -0.392 e. The smallest absolute Gasteiger partial charge is 0.215 e. The van der Waals surface area contributed by atoms with Crippen molar-refractivity contribution in [3.63, 3.8) is 0 Å². The lowest BCUT2D eigenvalue weighted by atomic mass is 10.1. The summed E-state index contributed by atoms with van der Waals surface area (Å²) in [5.41, 5.74) is 1.92. The molecule has 0 bridgehead atoms.